The second-order valence-corrected chi connectivity index (χ2v) is 16.3. The Morgan fingerprint density at radius 2 is 0.677 bits per heavy atom. The quantitative estimate of drug-likeness (QED) is 0.0372. The molecule has 0 amide bonds. The Morgan fingerprint density at radius 1 is 0.403 bits per heavy atom. The summed E-state index contributed by atoms with van der Waals surface area (Å²) in [5.41, 5.74) is 2.29. The van der Waals surface area contributed by atoms with Gasteiger partial charge in [0.2, 0.25) is 0 Å². The summed E-state index contributed by atoms with van der Waals surface area (Å²) in [5, 5.41) is 19.1. The Labute approximate surface area is 371 Å². The number of hydrogen-bond donors (Lipinski definition) is 2. The van der Waals surface area contributed by atoms with Crippen LogP contribution in [-0.2, 0) is 38.1 Å². The molecule has 350 valence electrons. The van der Waals surface area contributed by atoms with E-state index in [0.717, 1.165) is 61.2 Å². The summed E-state index contributed by atoms with van der Waals surface area (Å²) >= 11 is 0. The molecule has 0 unspecified atom stereocenters. The number of carbonyl (C=O) groups is 4. The van der Waals surface area contributed by atoms with Crippen LogP contribution in [0.15, 0.2) is 48.5 Å². The summed E-state index contributed by atoms with van der Waals surface area (Å²) in [4.78, 5) is 48.5. The molecule has 0 aromatic heterocycles. The van der Waals surface area contributed by atoms with Gasteiger partial charge in [-0.2, -0.15) is 0 Å². The molecule has 0 aliphatic heterocycles. The van der Waals surface area contributed by atoms with E-state index in [4.69, 9.17) is 28.4 Å². The SMILES string of the molecule is Cc1ccc(OCCCC(=O)O[C@@H](CO)COC(=O)CCCCCCCCCCCCCCCCCCCCC(=O)OC[C@H](CO)OC(=O)CCCOc2ccc(C)cc2)cc1. The fourth-order valence-corrected chi connectivity index (χ4v) is 6.70. The van der Waals surface area contributed by atoms with Gasteiger partial charge in [-0.1, -0.05) is 138 Å². The highest BCUT2D eigenvalue weighted by molar-refractivity contribution is 5.71. The maximum Gasteiger partial charge on any atom is 0.306 e. The zero-order chi connectivity index (χ0) is 44.9. The Hall–Kier alpha value is -4.16. The van der Waals surface area contributed by atoms with Gasteiger partial charge < -0.3 is 38.6 Å². The lowest BCUT2D eigenvalue weighted by molar-refractivity contribution is -0.161. The number of unbranched alkanes of at least 4 members (excludes halogenated alkanes) is 17. The number of ether oxygens (including phenoxy) is 6. The van der Waals surface area contributed by atoms with E-state index in [-0.39, 0.29) is 38.0 Å². The van der Waals surface area contributed by atoms with Crippen molar-refractivity contribution in [1.82, 2.24) is 0 Å². The van der Waals surface area contributed by atoms with Gasteiger partial charge >= 0.3 is 23.9 Å². The van der Waals surface area contributed by atoms with E-state index in [1.807, 2.05) is 62.4 Å². The number of carbonyl (C=O) groups excluding carboxylic acids is 4. The third-order valence-corrected chi connectivity index (χ3v) is 10.5. The molecule has 0 saturated carbocycles. The third-order valence-electron chi connectivity index (χ3n) is 10.5. The van der Waals surface area contributed by atoms with Gasteiger partial charge in [-0.3, -0.25) is 19.2 Å². The summed E-state index contributed by atoms with van der Waals surface area (Å²) in [6, 6.07) is 15.4. The first-order chi connectivity index (χ1) is 30.2. The van der Waals surface area contributed by atoms with Crippen LogP contribution in [0.25, 0.3) is 0 Å². The molecule has 0 saturated heterocycles. The smallest absolute Gasteiger partial charge is 0.306 e. The molecule has 2 aromatic carbocycles. The predicted octanol–water partition coefficient (Wildman–Crippen LogP) is 10.0. The van der Waals surface area contributed by atoms with Gasteiger partial charge in [0.05, 0.1) is 26.4 Å². The van der Waals surface area contributed by atoms with Crippen molar-refractivity contribution in [2.24, 2.45) is 0 Å². The first kappa shape index (κ1) is 54.0. The highest BCUT2D eigenvalue weighted by Gasteiger charge is 2.17. The molecule has 12 nitrogen and oxygen atoms in total. The highest BCUT2D eigenvalue weighted by atomic mass is 16.6. The van der Waals surface area contributed by atoms with E-state index >= 15 is 0 Å². The van der Waals surface area contributed by atoms with Crippen molar-refractivity contribution in [2.75, 3.05) is 39.6 Å². The fraction of sp³-hybridized carbons (Fsp3) is 0.680. The monoisotopic (exact) mass is 871 g/mol. The fourth-order valence-electron chi connectivity index (χ4n) is 6.70. The van der Waals surface area contributed by atoms with E-state index in [1.54, 1.807) is 0 Å². The van der Waals surface area contributed by atoms with Gasteiger partial charge in [0.1, 0.15) is 24.7 Å². The van der Waals surface area contributed by atoms with E-state index in [0.29, 0.717) is 38.9 Å². The molecule has 0 aliphatic carbocycles. The summed E-state index contributed by atoms with van der Waals surface area (Å²) in [6.45, 7) is 3.68. The molecule has 0 aliphatic rings. The maximum absolute atomic E-state index is 12.1. The first-order valence-electron chi connectivity index (χ1n) is 23.5. The molecule has 62 heavy (non-hydrogen) atoms. The Balaban J connectivity index is 1.28. The van der Waals surface area contributed by atoms with Crippen molar-refractivity contribution >= 4 is 23.9 Å². The molecule has 12 heteroatoms. The van der Waals surface area contributed by atoms with Crippen molar-refractivity contribution in [3.63, 3.8) is 0 Å². The van der Waals surface area contributed by atoms with Crippen LogP contribution in [-0.4, -0.2) is 85.9 Å². The van der Waals surface area contributed by atoms with Gasteiger partial charge in [0.15, 0.2) is 12.2 Å². The molecule has 0 radical (unpaired) electrons. The Bertz CT molecular complexity index is 1340. The van der Waals surface area contributed by atoms with Gasteiger partial charge in [-0.25, -0.2) is 0 Å². The average Bonchev–Trinajstić information content (AvgIpc) is 3.27. The van der Waals surface area contributed by atoms with E-state index in [1.165, 1.54) is 77.0 Å². The Morgan fingerprint density at radius 3 is 0.968 bits per heavy atom. The molecular formula is C50H78O12. The number of aliphatic hydroxyl groups excluding tert-OH is 2. The van der Waals surface area contributed by atoms with Crippen LogP contribution in [0.4, 0.5) is 0 Å². The van der Waals surface area contributed by atoms with Crippen molar-refractivity contribution in [2.45, 2.75) is 180 Å². The van der Waals surface area contributed by atoms with Crippen LogP contribution in [0.5, 0.6) is 11.5 Å². The van der Waals surface area contributed by atoms with E-state index in [9.17, 15) is 29.4 Å². The minimum Gasteiger partial charge on any atom is -0.494 e. The standard InChI is InChI=1S/C50H78O12/c1-41-27-31-43(32-28-41)57-35-21-25-49(55)61-45(37-51)39-59-47(53)23-19-17-15-13-11-9-7-5-3-4-6-8-10-12-14-16-18-20-24-48(54)60-40-46(38-52)62-50(56)26-22-36-58-44-33-29-42(2)30-34-44/h27-34,45-46,51-52H,3-26,35-40H2,1-2H3/t45-,46-/m0/s1. The van der Waals surface area contributed by atoms with Gasteiger partial charge in [0.25, 0.3) is 0 Å². The molecule has 0 bridgehead atoms. The molecule has 0 spiro atoms. The number of aryl methyl sites for hydroxylation is 2. The molecular weight excluding hydrogens is 793 g/mol. The number of benzene rings is 2. The molecule has 2 rings (SSSR count). The minimum absolute atomic E-state index is 0.140. The van der Waals surface area contributed by atoms with Gasteiger partial charge in [-0.05, 0) is 63.8 Å². The average molecular weight is 871 g/mol. The van der Waals surface area contributed by atoms with Crippen LogP contribution in [0.1, 0.15) is 165 Å². The first-order valence-corrected chi connectivity index (χ1v) is 23.5. The van der Waals surface area contributed by atoms with Crippen molar-refractivity contribution in [1.29, 1.82) is 0 Å². The lowest BCUT2D eigenvalue weighted by atomic mass is 10.0. The zero-order valence-electron chi connectivity index (χ0n) is 38.0. The Kier molecular flexibility index (Phi) is 31.6. The lowest BCUT2D eigenvalue weighted by Gasteiger charge is -2.16. The minimum atomic E-state index is -0.860. The van der Waals surface area contributed by atoms with Gasteiger partial charge in [0, 0.05) is 25.7 Å². The summed E-state index contributed by atoms with van der Waals surface area (Å²) in [5.74, 6) is -0.0805. The number of rotatable bonds is 39. The zero-order valence-corrected chi connectivity index (χ0v) is 38.0. The lowest BCUT2D eigenvalue weighted by Crippen LogP contribution is -2.28. The number of aliphatic hydroxyl groups is 2. The normalized spacial score (nSPS) is 12.0. The summed E-state index contributed by atoms with van der Waals surface area (Å²) < 4.78 is 32.2. The maximum atomic E-state index is 12.1. The van der Waals surface area contributed by atoms with Gasteiger partial charge in [-0.15, -0.1) is 0 Å². The van der Waals surface area contributed by atoms with E-state index < -0.39 is 37.4 Å². The summed E-state index contributed by atoms with van der Waals surface area (Å²) in [6.07, 6.45) is 20.9. The predicted molar refractivity (Wildman–Crippen MR) is 240 cm³/mol. The molecule has 0 heterocycles. The van der Waals surface area contributed by atoms with Crippen LogP contribution in [0.3, 0.4) is 0 Å². The molecule has 0 fully saturated rings. The van der Waals surface area contributed by atoms with Crippen LogP contribution < -0.4 is 9.47 Å². The second-order valence-electron chi connectivity index (χ2n) is 16.3. The topological polar surface area (TPSA) is 164 Å². The third kappa shape index (κ3) is 30.0. The van der Waals surface area contributed by atoms with Crippen molar-refractivity contribution in [3.8, 4) is 11.5 Å². The van der Waals surface area contributed by atoms with Crippen LogP contribution in [0.2, 0.25) is 0 Å². The highest BCUT2D eigenvalue weighted by Crippen LogP contribution is 2.17. The molecule has 2 aromatic rings. The van der Waals surface area contributed by atoms with Crippen molar-refractivity contribution < 1.29 is 57.8 Å². The van der Waals surface area contributed by atoms with E-state index in [2.05, 4.69) is 0 Å². The van der Waals surface area contributed by atoms with Crippen molar-refractivity contribution in [3.05, 3.63) is 59.7 Å². The number of hydrogen-bond acceptors (Lipinski definition) is 12. The van der Waals surface area contributed by atoms with Crippen LogP contribution in [0, 0.1) is 13.8 Å². The molecule has 2 atom stereocenters. The van der Waals surface area contributed by atoms with Crippen LogP contribution >= 0.6 is 0 Å². The molecule has 2 N–H and O–H groups in total. The second kappa shape index (κ2) is 36.3. The largest absolute Gasteiger partial charge is 0.494 e. The summed E-state index contributed by atoms with van der Waals surface area (Å²) in [7, 11) is 0. The number of esters is 4.